The molecular formula is C37H37BrN4O5. The second-order valence-corrected chi connectivity index (χ2v) is 12.2. The summed E-state index contributed by atoms with van der Waals surface area (Å²) in [5.74, 6) is 1.86. The Morgan fingerprint density at radius 2 is 1.77 bits per heavy atom. The standard InChI is InChI=1S/C37H37BrN4O5/c1-7-46-33-18-25(17-30(38)35(33)47-21-34(43)40-26-14-12-23(4)13-15-26)20-39-42-36(41-31-11-9-8-10-27(31)37(42)44)29-19-28(22(2)3)32(45-6)16-24(29)5/h8-20,22H,7,21H2,1-6H3,(H,40,43). The first-order chi connectivity index (χ1) is 22.6. The molecule has 5 aromatic rings. The van der Waals surface area contributed by atoms with Crippen molar-refractivity contribution >= 4 is 44.6 Å². The van der Waals surface area contributed by atoms with Crippen molar-refractivity contribution < 1.29 is 19.0 Å². The van der Waals surface area contributed by atoms with Crippen molar-refractivity contribution in [3.05, 3.63) is 110 Å². The maximum atomic E-state index is 13.9. The highest BCUT2D eigenvalue weighted by atomic mass is 79.9. The van der Waals surface area contributed by atoms with E-state index in [0.29, 0.717) is 50.6 Å². The van der Waals surface area contributed by atoms with Crippen LogP contribution in [0.3, 0.4) is 0 Å². The van der Waals surface area contributed by atoms with Crippen molar-refractivity contribution in [1.29, 1.82) is 0 Å². The number of para-hydroxylation sites is 1. The number of hydrogen-bond acceptors (Lipinski definition) is 7. The number of carbonyl (C=O) groups excluding carboxylic acids is 1. The van der Waals surface area contributed by atoms with Crippen LogP contribution in [0.2, 0.25) is 0 Å². The van der Waals surface area contributed by atoms with Crippen LogP contribution < -0.4 is 25.1 Å². The summed E-state index contributed by atoms with van der Waals surface area (Å²) in [6, 6.07) is 22.3. The fraction of sp³-hybridized carbons (Fsp3) is 0.243. The first kappa shape index (κ1) is 33.4. The Balaban J connectivity index is 1.51. The van der Waals surface area contributed by atoms with E-state index in [2.05, 4.69) is 40.2 Å². The Labute approximate surface area is 282 Å². The summed E-state index contributed by atoms with van der Waals surface area (Å²) < 4.78 is 19.3. The van der Waals surface area contributed by atoms with Gasteiger partial charge >= 0.3 is 0 Å². The number of benzene rings is 4. The maximum absolute atomic E-state index is 13.9. The number of rotatable bonds is 11. The van der Waals surface area contributed by atoms with E-state index in [1.807, 2.05) is 69.3 Å². The highest BCUT2D eigenvalue weighted by Crippen LogP contribution is 2.37. The first-order valence-electron chi connectivity index (χ1n) is 15.3. The van der Waals surface area contributed by atoms with Gasteiger partial charge < -0.3 is 19.5 Å². The number of nitrogens with one attached hydrogen (secondary N) is 1. The van der Waals surface area contributed by atoms with Crippen molar-refractivity contribution in [3.8, 4) is 28.6 Å². The van der Waals surface area contributed by atoms with Crippen LogP contribution in [0.5, 0.6) is 17.2 Å². The van der Waals surface area contributed by atoms with Gasteiger partial charge in [-0.1, -0.05) is 43.7 Å². The van der Waals surface area contributed by atoms with Crippen molar-refractivity contribution in [2.24, 2.45) is 5.10 Å². The number of nitrogens with zero attached hydrogens (tertiary/aromatic N) is 3. The molecule has 1 aromatic heterocycles. The minimum Gasteiger partial charge on any atom is -0.496 e. The molecule has 9 nitrogen and oxygen atoms in total. The van der Waals surface area contributed by atoms with E-state index in [1.165, 1.54) is 4.68 Å². The molecule has 0 aliphatic heterocycles. The molecule has 4 aromatic carbocycles. The lowest BCUT2D eigenvalue weighted by Crippen LogP contribution is -2.21. The van der Waals surface area contributed by atoms with Gasteiger partial charge in [0, 0.05) is 11.3 Å². The zero-order valence-corrected chi connectivity index (χ0v) is 28.8. The number of halogens is 1. The molecule has 5 rings (SSSR count). The largest absolute Gasteiger partial charge is 0.496 e. The van der Waals surface area contributed by atoms with Crippen molar-refractivity contribution in [2.75, 3.05) is 25.6 Å². The molecular weight excluding hydrogens is 660 g/mol. The van der Waals surface area contributed by atoms with Gasteiger partial charge in [-0.2, -0.15) is 9.78 Å². The van der Waals surface area contributed by atoms with Crippen molar-refractivity contribution in [3.63, 3.8) is 0 Å². The van der Waals surface area contributed by atoms with E-state index in [4.69, 9.17) is 19.2 Å². The quantitative estimate of drug-likeness (QED) is 0.141. The average molecular weight is 698 g/mol. The summed E-state index contributed by atoms with van der Waals surface area (Å²) in [6.07, 6.45) is 1.57. The summed E-state index contributed by atoms with van der Waals surface area (Å²) in [4.78, 5) is 31.4. The van der Waals surface area contributed by atoms with E-state index in [1.54, 1.807) is 37.6 Å². The molecule has 47 heavy (non-hydrogen) atoms. The number of methoxy groups -OCH3 is 1. The number of ether oxygens (including phenoxy) is 3. The number of carbonyl (C=O) groups is 1. The van der Waals surface area contributed by atoms with Gasteiger partial charge in [0.05, 0.1) is 35.3 Å². The van der Waals surface area contributed by atoms with Crippen LogP contribution in [0.1, 0.15) is 48.9 Å². The van der Waals surface area contributed by atoms with Crippen LogP contribution >= 0.6 is 15.9 Å². The van der Waals surface area contributed by atoms with E-state index in [9.17, 15) is 9.59 Å². The second kappa shape index (κ2) is 14.6. The zero-order valence-electron chi connectivity index (χ0n) is 27.3. The van der Waals surface area contributed by atoms with Crippen molar-refractivity contribution in [1.82, 2.24) is 9.66 Å². The Hall–Kier alpha value is -4.96. The number of fused-ring (bicyclic) bond motifs is 1. The number of hydrogen-bond donors (Lipinski definition) is 1. The molecule has 0 aliphatic rings. The molecule has 1 heterocycles. The molecule has 0 spiro atoms. The highest BCUT2D eigenvalue weighted by molar-refractivity contribution is 9.10. The SMILES string of the molecule is CCOc1cc(C=Nn2c(-c3cc(C(C)C)c(OC)cc3C)nc3ccccc3c2=O)cc(Br)c1OCC(=O)Nc1ccc(C)cc1. The van der Waals surface area contributed by atoms with E-state index < -0.39 is 0 Å². The van der Waals surface area contributed by atoms with Crippen LogP contribution in [0.4, 0.5) is 5.69 Å². The molecule has 0 saturated heterocycles. The molecule has 1 amide bonds. The summed E-state index contributed by atoms with van der Waals surface area (Å²) in [5.41, 5.74) is 5.37. The third-order valence-electron chi connectivity index (χ3n) is 7.53. The summed E-state index contributed by atoms with van der Waals surface area (Å²) in [7, 11) is 1.65. The van der Waals surface area contributed by atoms with Gasteiger partial charge in [-0.25, -0.2) is 4.98 Å². The number of amides is 1. The molecule has 0 atom stereocenters. The lowest BCUT2D eigenvalue weighted by Gasteiger charge is -2.17. The smallest absolute Gasteiger partial charge is 0.282 e. The topological polar surface area (TPSA) is 104 Å². The lowest BCUT2D eigenvalue weighted by atomic mass is 9.96. The molecule has 0 radical (unpaired) electrons. The fourth-order valence-electron chi connectivity index (χ4n) is 5.13. The highest BCUT2D eigenvalue weighted by Gasteiger charge is 2.19. The third kappa shape index (κ3) is 7.55. The van der Waals surface area contributed by atoms with Crippen LogP contribution in [-0.4, -0.2) is 42.1 Å². The minimum absolute atomic E-state index is 0.178. The normalized spacial score (nSPS) is 11.3. The van der Waals surface area contributed by atoms with E-state index in [-0.39, 0.29) is 24.0 Å². The van der Waals surface area contributed by atoms with E-state index >= 15 is 0 Å². The lowest BCUT2D eigenvalue weighted by molar-refractivity contribution is -0.118. The van der Waals surface area contributed by atoms with Gasteiger partial charge in [-0.05, 0) is 108 Å². The molecule has 0 fully saturated rings. The Morgan fingerprint density at radius 1 is 1.02 bits per heavy atom. The predicted octanol–water partition coefficient (Wildman–Crippen LogP) is 7.87. The zero-order chi connectivity index (χ0) is 33.7. The van der Waals surface area contributed by atoms with Gasteiger partial charge in [0.1, 0.15) is 5.75 Å². The van der Waals surface area contributed by atoms with Crippen molar-refractivity contribution in [2.45, 2.75) is 40.5 Å². The minimum atomic E-state index is -0.306. The number of aromatic nitrogens is 2. The Morgan fingerprint density at radius 3 is 2.47 bits per heavy atom. The van der Waals surface area contributed by atoms with E-state index in [0.717, 1.165) is 28.0 Å². The van der Waals surface area contributed by atoms with Gasteiger partial charge in [0.15, 0.2) is 23.9 Å². The molecule has 0 saturated carbocycles. The monoisotopic (exact) mass is 696 g/mol. The summed E-state index contributed by atoms with van der Waals surface area (Å²) in [5, 5.41) is 7.95. The first-order valence-corrected chi connectivity index (χ1v) is 16.1. The number of anilines is 1. The van der Waals surface area contributed by atoms with Gasteiger partial charge in [-0.3, -0.25) is 9.59 Å². The number of aryl methyl sites for hydroxylation is 2. The third-order valence-corrected chi connectivity index (χ3v) is 8.12. The summed E-state index contributed by atoms with van der Waals surface area (Å²) in [6.45, 7) is 10.1. The second-order valence-electron chi connectivity index (χ2n) is 11.3. The van der Waals surface area contributed by atoms with Gasteiger partial charge in [-0.15, -0.1) is 0 Å². The molecule has 0 bridgehead atoms. The predicted molar refractivity (Wildman–Crippen MR) is 190 cm³/mol. The molecule has 242 valence electrons. The van der Waals surface area contributed by atoms with Gasteiger partial charge in [0.2, 0.25) is 0 Å². The molecule has 10 heteroatoms. The van der Waals surface area contributed by atoms with Crippen LogP contribution in [0.15, 0.2) is 87.2 Å². The Bertz CT molecular complexity index is 2020. The molecule has 0 aliphatic carbocycles. The maximum Gasteiger partial charge on any atom is 0.282 e. The van der Waals surface area contributed by atoms with Gasteiger partial charge in [0.25, 0.3) is 11.5 Å². The van der Waals surface area contributed by atoms with Crippen LogP contribution in [0, 0.1) is 13.8 Å². The van der Waals surface area contributed by atoms with Crippen LogP contribution in [0.25, 0.3) is 22.3 Å². The molecule has 0 unspecified atom stereocenters. The van der Waals surface area contributed by atoms with Crippen LogP contribution in [-0.2, 0) is 4.79 Å². The summed E-state index contributed by atoms with van der Waals surface area (Å²) >= 11 is 3.57. The average Bonchev–Trinajstić information content (AvgIpc) is 3.04. The Kier molecular flexibility index (Phi) is 10.4. The molecule has 1 N–H and O–H groups in total. The fourth-order valence-corrected chi connectivity index (χ4v) is 5.71.